The fourth-order valence-corrected chi connectivity index (χ4v) is 4.38. The van der Waals surface area contributed by atoms with E-state index in [1.54, 1.807) is 19.1 Å². The zero-order valence-electron chi connectivity index (χ0n) is 16.0. The van der Waals surface area contributed by atoms with Crippen molar-refractivity contribution in [1.29, 1.82) is 0 Å². The van der Waals surface area contributed by atoms with Crippen LogP contribution in [0.5, 0.6) is 0 Å². The second-order valence-electron chi connectivity index (χ2n) is 7.04. The van der Waals surface area contributed by atoms with E-state index in [1.165, 1.54) is 28.8 Å². The molecule has 0 spiro atoms. The molecule has 10 heteroatoms. The van der Waals surface area contributed by atoms with Gasteiger partial charge in [-0.1, -0.05) is 11.8 Å². The standard InChI is InChI=1S/C19H22FN5O3S/c1-12(17(26)24-9-8-21-18(24)27)29-19-23-22-16(13-4-6-14(20)7-5-13)25(19)11-15-3-2-10-28-15/h4-7,12,15H,2-3,8-11H2,1H3,(H,21,27)/t12-,15-/m1/s1. The topological polar surface area (TPSA) is 89.3 Å². The minimum absolute atomic E-state index is 0.0416. The molecule has 2 fully saturated rings. The summed E-state index contributed by atoms with van der Waals surface area (Å²) in [6.07, 6.45) is 1.98. The van der Waals surface area contributed by atoms with Crippen molar-refractivity contribution in [2.45, 2.75) is 42.8 Å². The number of thioether (sulfide) groups is 1. The highest BCUT2D eigenvalue weighted by Gasteiger charge is 2.32. The molecule has 154 valence electrons. The Morgan fingerprint density at radius 3 is 2.83 bits per heavy atom. The smallest absolute Gasteiger partial charge is 0.324 e. The number of ether oxygens (including phenoxy) is 1. The van der Waals surface area contributed by atoms with Gasteiger partial charge in [-0.2, -0.15) is 0 Å². The van der Waals surface area contributed by atoms with Crippen LogP contribution in [0.2, 0.25) is 0 Å². The van der Waals surface area contributed by atoms with E-state index in [1.807, 2.05) is 4.57 Å². The third-order valence-electron chi connectivity index (χ3n) is 4.98. The Morgan fingerprint density at radius 2 is 2.17 bits per heavy atom. The van der Waals surface area contributed by atoms with Crippen LogP contribution in [0, 0.1) is 5.82 Å². The zero-order chi connectivity index (χ0) is 20.4. The van der Waals surface area contributed by atoms with Crippen LogP contribution in [-0.4, -0.2) is 62.7 Å². The Labute approximate surface area is 171 Å². The second kappa shape index (κ2) is 8.50. The van der Waals surface area contributed by atoms with Crippen molar-refractivity contribution in [2.24, 2.45) is 0 Å². The van der Waals surface area contributed by atoms with Crippen LogP contribution in [0.4, 0.5) is 9.18 Å². The minimum Gasteiger partial charge on any atom is -0.376 e. The molecule has 3 amide bonds. The number of benzene rings is 1. The molecule has 8 nitrogen and oxygen atoms in total. The summed E-state index contributed by atoms with van der Waals surface area (Å²) in [6.45, 7) is 3.85. The van der Waals surface area contributed by atoms with Gasteiger partial charge in [0.15, 0.2) is 11.0 Å². The summed E-state index contributed by atoms with van der Waals surface area (Å²) in [7, 11) is 0. The van der Waals surface area contributed by atoms with E-state index in [0.717, 1.165) is 25.0 Å². The van der Waals surface area contributed by atoms with Gasteiger partial charge in [-0.25, -0.2) is 9.18 Å². The molecule has 1 N–H and O–H groups in total. The van der Waals surface area contributed by atoms with Crippen molar-refractivity contribution in [3.8, 4) is 11.4 Å². The van der Waals surface area contributed by atoms with Gasteiger partial charge in [-0.05, 0) is 44.0 Å². The Hall–Kier alpha value is -2.46. The summed E-state index contributed by atoms with van der Waals surface area (Å²) in [5.41, 5.74) is 0.738. The molecule has 1 aromatic heterocycles. The van der Waals surface area contributed by atoms with Crippen molar-refractivity contribution in [3.05, 3.63) is 30.1 Å². The van der Waals surface area contributed by atoms with Gasteiger partial charge in [0.2, 0.25) is 5.91 Å². The number of rotatable bonds is 6. The highest BCUT2D eigenvalue weighted by Crippen LogP contribution is 2.29. The first-order valence-electron chi connectivity index (χ1n) is 9.59. The average Bonchev–Trinajstić information content (AvgIpc) is 3.45. The summed E-state index contributed by atoms with van der Waals surface area (Å²) in [4.78, 5) is 25.7. The number of halogens is 1. The fourth-order valence-electron chi connectivity index (χ4n) is 3.45. The van der Waals surface area contributed by atoms with Gasteiger partial charge in [0.05, 0.1) is 17.9 Å². The molecule has 2 saturated heterocycles. The van der Waals surface area contributed by atoms with Crippen LogP contribution in [0.25, 0.3) is 11.4 Å². The Balaban J connectivity index is 1.59. The normalized spacial score (nSPS) is 20.1. The van der Waals surface area contributed by atoms with Crippen molar-refractivity contribution in [1.82, 2.24) is 25.0 Å². The highest BCUT2D eigenvalue weighted by molar-refractivity contribution is 8.00. The van der Waals surface area contributed by atoms with Crippen LogP contribution in [0.3, 0.4) is 0 Å². The maximum absolute atomic E-state index is 13.3. The predicted octanol–water partition coefficient (Wildman–Crippen LogP) is 2.30. The minimum atomic E-state index is -0.507. The summed E-state index contributed by atoms with van der Waals surface area (Å²) in [5, 5.41) is 11.3. The van der Waals surface area contributed by atoms with Gasteiger partial charge in [-0.3, -0.25) is 14.3 Å². The van der Waals surface area contributed by atoms with E-state index >= 15 is 0 Å². The number of amides is 3. The number of aromatic nitrogens is 3. The lowest BCUT2D eigenvalue weighted by atomic mass is 10.2. The number of hydrogen-bond donors (Lipinski definition) is 1. The Bertz CT molecular complexity index is 898. The zero-order valence-corrected chi connectivity index (χ0v) is 16.8. The van der Waals surface area contributed by atoms with Gasteiger partial charge < -0.3 is 10.1 Å². The lowest BCUT2D eigenvalue weighted by Crippen LogP contribution is -2.39. The molecule has 1 aromatic carbocycles. The second-order valence-corrected chi connectivity index (χ2v) is 8.35. The summed E-state index contributed by atoms with van der Waals surface area (Å²) < 4.78 is 21.0. The molecule has 3 heterocycles. The maximum Gasteiger partial charge on any atom is 0.324 e. The van der Waals surface area contributed by atoms with E-state index in [0.29, 0.717) is 30.6 Å². The first-order chi connectivity index (χ1) is 14.0. The first kappa shape index (κ1) is 19.8. The van der Waals surface area contributed by atoms with Crippen LogP contribution < -0.4 is 5.32 Å². The summed E-state index contributed by atoms with van der Waals surface area (Å²) in [5.74, 6) is 0.0122. The predicted molar refractivity (Wildman–Crippen MR) is 105 cm³/mol. The molecule has 2 aliphatic heterocycles. The van der Waals surface area contributed by atoms with Gasteiger partial charge in [0.25, 0.3) is 0 Å². The van der Waals surface area contributed by atoms with Gasteiger partial charge in [0.1, 0.15) is 5.82 Å². The molecule has 4 rings (SSSR count). The van der Waals surface area contributed by atoms with Crippen molar-refractivity contribution >= 4 is 23.7 Å². The molecule has 0 aliphatic carbocycles. The summed E-state index contributed by atoms with van der Waals surface area (Å²) >= 11 is 1.26. The number of imide groups is 1. The third kappa shape index (κ3) is 4.27. The average molecular weight is 419 g/mol. The van der Waals surface area contributed by atoms with E-state index < -0.39 is 5.25 Å². The number of nitrogens with zero attached hydrogens (tertiary/aromatic N) is 4. The lowest BCUT2D eigenvalue weighted by Gasteiger charge is -2.19. The molecule has 2 aromatic rings. The maximum atomic E-state index is 13.3. The molecular weight excluding hydrogens is 397 g/mol. The van der Waals surface area contributed by atoms with E-state index in [9.17, 15) is 14.0 Å². The van der Waals surface area contributed by atoms with Crippen LogP contribution in [0.1, 0.15) is 19.8 Å². The highest BCUT2D eigenvalue weighted by atomic mass is 32.2. The molecule has 0 unspecified atom stereocenters. The number of carbonyl (C=O) groups excluding carboxylic acids is 2. The Kier molecular flexibility index (Phi) is 5.81. The Morgan fingerprint density at radius 1 is 1.38 bits per heavy atom. The van der Waals surface area contributed by atoms with Crippen molar-refractivity contribution < 1.29 is 18.7 Å². The van der Waals surface area contributed by atoms with Gasteiger partial charge in [0, 0.05) is 25.3 Å². The number of hydrogen-bond acceptors (Lipinski definition) is 6. The third-order valence-corrected chi connectivity index (χ3v) is 6.05. The van der Waals surface area contributed by atoms with Crippen LogP contribution >= 0.6 is 11.8 Å². The number of nitrogens with one attached hydrogen (secondary N) is 1. The number of urea groups is 1. The summed E-state index contributed by atoms with van der Waals surface area (Å²) in [6, 6.07) is 5.71. The van der Waals surface area contributed by atoms with Gasteiger partial charge in [-0.15, -0.1) is 10.2 Å². The van der Waals surface area contributed by atoms with Crippen molar-refractivity contribution in [2.75, 3.05) is 19.7 Å². The first-order valence-corrected chi connectivity index (χ1v) is 10.5. The molecule has 0 bridgehead atoms. The SMILES string of the molecule is C[C@@H](Sc1nnc(-c2ccc(F)cc2)n1C[C@H]1CCCO1)C(=O)N1CCNC1=O. The largest absolute Gasteiger partial charge is 0.376 e. The molecule has 0 radical (unpaired) electrons. The molecular formula is C19H22FN5O3S. The van der Waals surface area contributed by atoms with Crippen molar-refractivity contribution in [3.63, 3.8) is 0 Å². The molecule has 29 heavy (non-hydrogen) atoms. The van der Waals surface area contributed by atoms with E-state index in [4.69, 9.17) is 4.74 Å². The molecule has 2 aliphatic rings. The number of carbonyl (C=O) groups is 2. The fraction of sp³-hybridized carbons (Fsp3) is 0.474. The molecule has 2 atom stereocenters. The van der Waals surface area contributed by atoms with Crippen LogP contribution in [-0.2, 0) is 16.1 Å². The van der Waals surface area contributed by atoms with E-state index in [2.05, 4.69) is 15.5 Å². The van der Waals surface area contributed by atoms with E-state index in [-0.39, 0.29) is 23.9 Å². The lowest BCUT2D eigenvalue weighted by molar-refractivity contribution is -0.126. The monoisotopic (exact) mass is 419 g/mol. The van der Waals surface area contributed by atoms with Crippen LogP contribution in [0.15, 0.2) is 29.4 Å². The molecule has 0 saturated carbocycles. The quantitative estimate of drug-likeness (QED) is 0.723. The van der Waals surface area contributed by atoms with Gasteiger partial charge >= 0.3 is 6.03 Å².